The largest absolute Gasteiger partial charge is 0.493 e. The molecule has 1 saturated heterocycles. The lowest BCUT2D eigenvalue weighted by molar-refractivity contribution is -0.170. The summed E-state index contributed by atoms with van der Waals surface area (Å²) >= 11 is 7.12. The number of aromatic nitrogens is 3. The van der Waals surface area contributed by atoms with Crippen molar-refractivity contribution in [2.45, 2.75) is 88.9 Å². The molecule has 5 aromatic rings. The van der Waals surface area contributed by atoms with Gasteiger partial charge in [-0.15, -0.1) is 0 Å². The van der Waals surface area contributed by atoms with Gasteiger partial charge in [0.2, 0.25) is 0 Å². The summed E-state index contributed by atoms with van der Waals surface area (Å²) in [6, 6.07) is 13.8. The van der Waals surface area contributed by atoms with Crippen LogP contribution in [0.25, 0.3) is 32.8 Å². The molecular weight excluding hydrogens is 865 g/mol. The Labute approximate surface area is 370 Å². The number of alkyl halides is 2. The highest BCUT2D eigenvalue weighted by molar-refractivity contribution is 6.35. The first-order chi connectivity index (χ1) is 30.3. The molecule has 0 spiro atoms. The van der Waals surface area contributed by atoms with Gasteiger partial charge in [0.25, 0.3) is 5.92 Å². The number of aromatic carboxylic acids is 1. The molecule has 5 N–H and O–H groups in total. The van der Waals surface area contributed by atoms with Crippen molar-refractivity contribution in [1.82, 2.24) is 19.2 Å². The van der Waals surface area contributed by atoms with E-state index in [2.05, 4.69) is 0 Å². The van der Waals surface area contributed by atoms with E-state index in [1.54, 1.807) is 11.0 Å². The van der Waals surface area contributed by atoms with Gasteiger partial charge >= 0.3 is 23.9 Å². The van der Waals surface area contributed by atoms with Crippen molar-refractivity contribution in [3.63, 3.8) is 0 Å². The number of nitrogens with zero attached hydrogens (tertiary/aromatic N) is 4. The summed E-state index contributed by atoms with van der Waals surface area (Å²) in [4.78, 5) is 45.4. The van der Waals surface area contributed by atoms with Crippen molar-refractivity contribution >= 4 is 57.2 Å². The van der Waals surface area contributed by atoms with E-state index in [9.17, 15) is 37.5 Å². The number of carboxylic acids is 4. The lowest BCUT2D eigenvalue weighted by Crippen LogP contribution is -2.42. The van der Waals surface area contributed by atoms with Gasteiger partial charge < -0.3 is 39.6 Å². The quantitative estimate of drug-likeness (QED) is 0.0641. The summed E-state index contributed by atoms with van der Waals surface area (Å²) in [6.45, 7) is 3.75. The number of carboxylic acid groups (broad SMARTS) is 4. The third-order valence-electron chi connectivity index (χ3n) is 11.5. The summed E-state index contributed by atoms with van der Waals surface area (Å²) in [5.41, 5.74) is 2.08. The molecule has 0 bridgehead atoms. The topological polar surface area (TPSA) is 214 Å². The van der Waals surface area contributed by atoms with Gasteiger partial charge in [0.15, 0.2) is 5.60 Å². The lowest BCUT2D eigenvalue weighted by atomic mass is 9.94. The average molecular weight is 915 g/mol. The standard InChI is InChI=1S/C39H42ClF3N4O4.C6H8O7/c1-3-30-34-33-29(40)14-13-28-27(9-7-21-50-31-10-6-8-24-22-25(41)11-12-26(24)31)37(38(48)49)47(36(28)33)17-4-5-20-51-32(35(34)44-45(30)2)15-18-46-19-16-39(42,43)23-46;7-3(8)1-6(13,5(11)12)2-4(9)10/h6,8,10-14,22,32H,3-5,7,9,15-21,23H2,1-2H3,(H,48,49);13H,1-2H2,(H,7,8)(H,9,10)(H,11,12). The van der Waals surface area contributed by atoms with E-state index < -0.39 is 54.3 Å². The lowest BCUT2D eigenvalue weighted by Gasteiger charge is -2.22. The van der Waals surface area contributed by atoms with Crippen molar-refractivity contribution in [3.8, 4) is 16.9 Å². The molecule has 344 valence electrons. The average Bonchev–Trinajstić information content (AvgIpc) is 3.85. The van der Waals surface area contributed by atoms with E-state index in [1.807, 2.05) is 53.6 Å². The first-order valence-corrected chi connectivity index (χ1v) is 21.3. The molecule has 1 unspecified atom stereocenters. The van der Waals surface area contributed by atoms with E-state index in [0.29, 0.717) is 99.0 Å². The van der Waals surface area contributed by atoms with E-state index in [0.717, 1.165) is 32.9 Å². The van der Waals surface area contributed by atoms with Crippen LogP contribution in [0.5, 0.6) is 5.75 Å². The Balaban J connectivity index is 0.000000455. The Bertz CT molecular complexity index is 2540. The first-order valence-electron chi connectivity index (χ1n) is 20.9. The number of aliphatic hydroxyl groups is 1. The van der Waals surface area contributed by atoms with Crippen LogP contribution in [0.1, 0.15) is 85.4 Å². The minimum absolute atomic E-state index is 0.146. The van der Waals surface area contributed by atoms with Crippen molar-refractivity contribution in [2.75, 3.05) is 32.8 Å². The van der Waals surface area contributed by atoms with Gasteiger partial charge in [0, 0.05) is 67.3 Å². The zero-order valence-corrected chi connectivity index (χ0v) is 36.0. The third kappa shape index (κ3) is 10.6. The predicted molar refractivity (Wildman–Crippen MR) is 229 cm³/mol. The number of hydrogen-bond acceptors (Lipinski definition) is 9. The summed E-state index contributed by atoms with van der Waals surface area (Å²) < 4.78 is 58.3. The minimum Gasteiger partial charge on any atom is -0.493 e. The van der Waals surface area contributed by atoms with Crippen LogP contribution in [0.15, 0.2) is 48.5 Å². The molecular formula is C45H50ClF3N4O11. The number of hydrogen-bond donors (Lipinski definition) is 5. The normalized spacial score (nSPS) is 16.5. The van der Waals surface area contributed by atoms with Crippen molar-refractivity contribution in [1.29, 1.82) is 0 Å². The monoisotopic (exact) mass is 914 g/mol. The maximum Gasteiger partial charge on any atom is 0.352 e. The van der Waals surface area contributed by atoms with Crippen molar-refractivity contribution < 1.29 is 67.4 Å². The fourth-order valence-corrected chi connectivity index (χ4v) is 8.87. The summed E-state index contributed by atoms with van der Waals surface area (Å²) in [5, 5.41) is 52.3. The van der Waals surface area contributed by atoms with Gasteiger partial charge in [0.1, 0.15) is 23.4 Å². The van der Waals surface area contributed by atoms with Crippen molar-refractivity contribution in [3.05, 3.63) is 82.0 Å². The molecule has 4 heterocycles. The smallest absolute Gasteiger partial charge is 0.352 e. The SMILES string of the molecule is CCc1c2c(nn1C)C(CCN1CCC(F)(F)C1)OCCCCn1c(C(=O)O)c(CCCOc3cccc4cc(F)ccc34)c3ccc(Cl)c-2c31.O=C(O)CC(O)(CC(=O)O)C(=O)O. The highest BCUT2D eigenvalue weighted by atomic mass is 35.5. The molecule has 0 saturated carbocycles. The molecule has 2 aromatic heterocycles. The number of ether oxygens (including phenoxy) is 2. The number of likely N-dealkylation sites (tertiary alicyclic amines) is 1. The van der Waals surface area contributed by atoms with E-state index in [-0.39, 0.29) is 24.5 Å². The number of fused-ring (bicyclic) bond motifs is 3. The second kappa shape index (κ2) is 20.0. The van der Waals surface area contributed by atoms with Crippen LogP contribution in [-0.4, -0.2) is 113 Å². The minimum atomic E-state index is -2.74. The van der Waals surface area contributed by atoms with Gasteiger partial charge in [-0.2, -0.15) is 5.10 Å². The zero-order chi connectivity index (χ0) is 46.5. The van der Waals surface area contributed by atoms with Crippen LogP contribution in [-0.2, 0) is 45.6 Å². The molecule has 1 atom stereocenters. The molecule has 3 aromatic carbocycles. The Morgan fingerprint density at radius 2 is 1.70 bits per heavy atom. The van der Waals surface area contributed by atoms with Crippen molar-refractivity contribution in [2.24, 2.45) is 7.05 Å². The maximum atomic E-state index is 14.0. The van der Waals surface area contributed by atoms with E-state index in [4.69, 9.17) is 46.6 Å². The maximum absolute atomic E-state index is 14.0. The van der Waals surface area contributed by atoms with Gasteiger partial charge in [0.05, 0.1) is 42.2 Å². The molecule has 15 nitrogen and oxygen atoms in total. The molecule has 19 heteroatoms. The van der Waals surface area contributed by atoms with Crippen LogP contribution in [0.2, 0.25) is 5.02 Å². The number of benzene rings is 3. The predicted octanol–water partition coefficient (Wildman–Crippen LogP) is 7.59. The second-order valence-corrected chi connectivity index (χ2v) is 16.5. The van der Waals surface area contributed by atoms with E-state index >= 15 is 0 Å². The second-order valence-electron chi connectivity index (χ2n) is 16.1. The summed E-state index contributed by atoms with van der Waals surface area (Å²) in [5.74, 6) is -8.39. The van der Waals surface area contributed by atoms with Crippen LogP contribution >= 0.6 is 11.6 Å². The first kappa shape index (κ1) is 47.8. The Morgan fingerprint density at radius 1 is 0.984 bits per heavy atom. The molecule has 2 aliphatic heterocycles. The van der Waals surface area contributed by atoms with Gasteiger partial charge in [-0.25, -0.2) is 22.8 Å². The number of carbonyl (C=O) groups is 4. The fourth-order valence-electron chi connectivity index (χ4n) is 8.63. The number of aliphatic carboxylic acids is 3. The number of halogens is 4. The molecule has 0 amide bonds. The summed E-state index contributed by atoms with van der Waals surface area (Å²) in [7, 11) is 1.88. The van der Waals surface area contributed by atoms with Crippen LogP contribution < -0.4 is 4.74 Å². The highest BCUT2D eigenvalue weighted by Crippen LogP contribution is 2.45. The number of aryl methyl sites for hydroxylation is 3. The Morgan fingerprint density at radius 3 is 2.34 bits per heavy atom. The Hall–Kier alpha value is -5.69. The molecule has 0 radical (unpaired) electrons. The molecule has 1 fully saturated rings. The molecule has 0 aliphatic carbocycles. The summed E-state index contributed by atoms with van der Waals surface area (Å²) in [6.07, 6.45) is 0.538. The fraction of sp³-hybridized carbons (Fsp3) is 0.444. The van der Waals surface area contributed by atoms with Gasteiger partial charge in [-0.3, -0.25) is 19.2 Å². The van der Waals surface area contributed by atoms with E-state index in [1.165, 1.54) is 12.1 Å². The molecule has 2 aliphatic rings. The number of rotatable bonds is 15. The molecule has 64 heavy (non-hydrogen) atoms. The van der Waals surface area contributed by atoms with Gasteiger partial charge in [-0.05, 0) is 79.8 Å². The van der Waals surface area contributed by atoms with Crippen LogP contribution in [0.3, 0.4) is 0 Å². The third-order valence-corrected chi connectivity index (χ3v) is 11.8. The van der Waals surface area contributed by atoms with Gasteiger partial charge in [-0.1, -0.05) is 36.7 Å². The molecule has 7 rings (SSSR count). The Kier molecular flexibility index (Phi) is 14.9. The van der Waals surface area contributed by atoms with Crippen LogP contribution in [0.4, 0.5) is 13.2 Å². The van der Waals surface area contributed by atoms with Crippen LogP contribution in [0, 0.1) is 5.82 Å². The zero-order valence-electron chi connectivity index (χ0n) is 35.3. The highest BCUT2D eigenvalue weighted by Gasteiger charge is 2.41.